The van der Waals surface area contributed by atoms with Crippen molar-refractivity contribution in [2.45, 2.75) is 33.1 Å². The van der Waals surface area contributed by atoms with Crippen LogP contribution in [0.15, 0.2) is 30.3 Å². The van der Waals surface area contributed by atoms with Gasteiger partial charge in [-0.2, -0.15) is 0 Å². The summed E-state index contributed by atoms with van der Waals surface area (Å²) in [7, 11) is 0. The Morgan fingerprint density at radius 3 is 2.56 bits per heavy atom. The molecule has 0 aliphatic carbocycles. The summed E-state index contributed by atoms with van der Waals surface area (Å²) in [6.45, 7) is 8.67. The van der Waals surface area contributed by atoms with E-state index in [0.717, 1.165) is 13.1 Å². The molecule has 98 valence electrons. The van der Waals surface area contributed by atoms with Crippen molar-refractivity contribution in [1.82, 2.24) is 4.90 Å². The monoisotopic (exact) mass is 245 g/mol. The zero-order valence-corrected chi connectivity index (χ0v) is 11.6. The molecular weight excluding hydrogens is 222 g/mol. The molecule has 1 saturated heterocycles. The molecule has 18 heavy (non-hydrogen) atoms. The molecule has 1 fully saturated rings. The van der Waals surface area contributed by atoms with Gasteiger partial charge in [0, 0.05) is 12.0 Å². The van der Waals surface area contributed by atoms with Gasteiger partial charge in [-0.3, -0.25) is 9.69 Å². The van der Waals surface area contributed by atoms with E-state index in [4.69, 9.17) is 0 Å². The Labute approximate surface area is 110 Å². The summed E-state index contributed by atoms with van der Waals surface area (Å²) in [6, 6.07) is 10.6. The fourth-order valence-electron chi connectivity index (χ4n) is 2.41. The van der Waals surface area contributed by atoms with Gasteiger partial charge in [0.1, 0.15) is 0 Å². The van der Waals surface area contributed by atoms with Crippen LogP contribution in [0, 0.1) is 5.41 Å². The molecule has 0 spiro atoms. The molecule has 1 aliphatic rings. The van der Waals surface area contributed by atoms with Crippen molar-refractivity contribution in [2.24, 2.45) is 5.41 Å². The average Bonchev–Trinajstić information content (AvgIpc) is 2.77. The molecule has 0 N–H and O–H groups in total. The van der Waals surface area contributed by atoms with Crippen LogP contribution in [-0.2, 0) is 4.79 Å². The molecule has 0 radical (unpaired) electrons. The van der Waals surface area contributed by atoms with E-state index >= 15 is 0 Å². The molecule has 1 unspecified atom stereocenters. The van der Waals surface area contributed by atoms with E-state index in [1.165, 1.54) is 12.0 Å². The van der Waals surface area contributed by atoms with Gasteiger partial charge in [-0.25, -0.2) is 0 Å². The topological polar surface area (TPSA) is 20.3 Å². The quantitative estimate of drug-likeness (QED) is 0.815. The fraction of sp³-hybridized carbons (Fsp3) is 0.562. The first-order valence-corrected chi connectivity index (χ1v) is 6.77. The van der Waals surface area contributed by atoms with Crippen LogP contribution in [0.3, 0.4) is 0 Å². The zero-order chi connectivity index (χ0) is 13.2. The van der Waals surface area contributed by atoms with Gasteiger partial charge in [-0.05, 0) is 24.4 Å². The van der Waals surface area contributed by atoms with Crippen molar-refractivity contribution in [3.63, 3.8) is 0 Å². The average molecular weight is 245 g/mol. The number of carbonyl (C=O) groups is 1. The Kier molecular flexibility index (Phi) is 3.86. The van der Waals surface area contributed by atoms with E-state index in [1.54, 1.807) is 0 Å². The van der Waals surface area contributed by atoms with E-state index in [0.29, 0.717) is 18.2 Å². The maximum Gasteiger partial charge on any atom is 0.152 e. The summed E-state index contributed by atoms with van der Waals surface area (Å²) < 4.78 is 0. The van der Waals surface area contributed by atoms with E-state index in [2.05, 4.69) is 35.2 Å². The number of rotatable bonds is 3. The third-order valence-electron chi connectivity index (χ3n) is 3.75. The Bertz CT molecular complexity index is 405. The Balaban J connectivity index is 1.92. The van der Waals surface area contributed by atoms with Crippen molar-refractivity contribution in [3.8, 4) is 0 Å². The van der Waals surface area contributed by atoms with Gasteiger partial charge in [-0.15, -0.1) is 0 Å². The Hall–Kier alpha value is -1.15. The number of likely N-dealkylation sites (tertiary alicyclic amines) is 1. The summed E-state index contributed by atoms with van der Waals surface area (Å²) in [5, 5.41) is 0. The van der Waals surface area contributed by atoms with Gasteiger partial charge in [0.2, 0.25) is 0 Å². The fourth-order valence-corrected chi connectivity index (χ4v) is 2.41. The lowest BCUT2D eigenvalue weighted by Gasteiger charge is -2.22. The summed E-state index contributed by atoms with van der Waals surface area (Å²) in [6.07, 6.45) is 1.17. The first-order valence-electron chi connectivity index (χ1n) is 6.77. The molecule has 1 aromatic rings. The molecule has 1 aliphatic heterocycles. The minimum absolute atomic E-state index is 0.217. The molecule has 1 heterocycles. The first-order chi connectivity index (χ1) is 8.47. The van der Waals surface area contributed by atoms with E-state index in [-0.39, 0.29) is 5.41 Å². The first kappa shape index (κ1) is 13.3. The molecule has 0 saturated carbocycles. The van der Waals surface area contributed by atoms with Crippen molar-refractivity contribution in [3.05, 3.63) is 35.9 Å². The Morgan fingerprint density at radius 1 is 1.28 bits per heavy atom. The number of hydrogen-bond donors (Lipinski definition) is 0. The lowest BCUT2D eigenvalue weighted by atomic mass is 9.90. The SMILES string of the molecule is CC(C)(C)C(=O)CN1CCC(c2ccccc2)C1. The highest BCUT2D eigenvalue weighted by molar-refractivity contribution is 5.85. The van der Waals surface area contributed by atoms with Crippen LogP contribution >= 0.6 is 0 Å². The van der Waals surface area contributed by atoms with Crippen LogP contribution in [0.2, 0.25) is 0 Å². The predicted molar refractivity (Wildman–Crippen MR) is 74.7 cm³/mol. The second-order valence-corrected chi connectivity index (χ2v) is 6.30. The van der Waals surface area contributed by atoms with Crippen LogP contribution in [0.4, 0.5) is 0 Å². The third-order valence-corrected chi connectivity index (χ3v) is 3.75. The number of benzene rings is 1. The number of ketones is 1. The normalized spacial score (nSPS) is 21.2. The van der Waals surface area contributed by atoms with Crippen LogP contribution in [-0.4, -0.2) is 30.3 Å². The van der Waals surface area contributed by atoms with E-state index < -0.39 is 0 Å². The molecule has 1 aromatic carbocycles. The molecular formula is C16H23NO. The maximum absolute atomic E-state index is 12.0. The van der Waals surface area contributed by atoms with E-state index in [1.807, 2.05) is 20.8 Å². The lowest BCUT2D eigenvalue weighted by molar-refractivity contribution is -0.127. The number of carbonyl (C=O) groups excluding carboxylic acids is 1. The van der Waals surface area contributed by atoms with Crippen LogP contribution in [0.1, 0.15) is 38.7 Å². The molecule has 1 atom stereocenters. The zero-order valence-electron chi connectivity index (χ0n) is 11.6. The van der Waals surface area contributed by atoms with Crippen molar-refractivity contribution in [2.75, 3.05) is 19.6 Å². The number of nitrogens with zero attached hydrogens (tertiary/aromatic N) is 1. The molecule has 2 rings (SSSR count). The van der Waals surface area contributed by atoms with Gasteiger partial charge in [0.15, 0.2) is 5.78 Å². The van der Waals surface area contributed by atoms with Crippen LogP contribution < -0.4 is 0 Å². The van der Waals surface area contributed by atoms with Crippen molar-refractivity contribution >= 4 is 5.78 Å². The van der Waals surface area contributed by atoms with Gasteiger partial charge >= 0.3 is 0 Å². The van der Waals surface area contributed by atoms with Gasteiger partial charge < -0.3 is 0 Å². The largest absolute Gasteiger partial charge is 0.298 e. The maximum atomic E-state index is 12.0. The second kappa shape index (κ2) is 5.23. The summed E-state index contributed by atoms with van der Waals surface area (Å²) >= 11 is 0. The predicted octanol–water partition coefficient (Wildman–Crippen LogP) is 3.09. The van der Waals surface area contributed by atoms with Crippen LogP contribution in [0.5, 0.6) is 0 Å². The summed E-state index contributed by atoms with van der Waals surface area (Å²) in [4.78, 5) is 14.3. The van der Waals surface area contributed by atoms with Crippen molar-refractivity contribution < 1.29 is 4.79 Å². The Morgan fingerprint density at radius 2 is 1.94 bits per heavy atom. The molecule has 0 bridgehead atoms. The highest BCUT2D eigenvalue weighted by atomic mass is 16.1. The number of hydrogen-bond acceptors (Lipinski definition) is 2. The van der Waals surface area contributed by atoms with E-state index in [9.17, 15) is 4.79 Å². The highest BCUT2D eigenvalue weighted by Crippen LogP contribution is 2.27. The third kappa shape index (κ3) is 3.20. The molecule has 2 nitrogen and oxygen atoms in total. The molecule has 0 aromatic heterocycles. The highest BCUT2D eigenvalue weighted by Gasteiger charge is 2.28. The van der Waals surface area contributed by atoms with Gasteiger partial charge in [0.05, 0.1) is 6.54 Å². The number of Topliss-reactive ketones (excluding diaryl/α,β-unsaturated/α-hetero) is 1. The minimum Gasteiger partial charge on any atom is -0.298 e. The second-order valence-electron chi connectivity index (χ2n) is 6.30. The molecule has 2 heteroatoms. The summed E-state index contributed by atoms with van der Waals surface area (Å²) in [5.74, 6) is 0.940. The molecule has 0 amide bonds. The van der Waals surface area contributed by atoms with Crippen LogP contribution in [0.25, 0.3) is 0 Å². The summed E-state index contributed by atoms with van der Waals surface area (Å²) in [5.41, 5.74) is 1.19. The van der Waals surface area contributed by atoms with Gasteiger partial charge in [-0.1, -0.05) is 51.1 Å². The smallest absolute Gasteiger partial charge is 0.152 e. The standard InChI is InChI=1S/C16H23NO/c1-16(2,3)15(18)12-17-10-9-14(11-17)13-7-5-4-6-8-13/h4-8,14H,9-12H2,1-3H3. The van der Waals surface area contributed by atoms with Gasteiger partial charge in [0.25, 0.3) is 0 Å². The minimum atomic E-state index is -0.217. The lowest BCUT2D eigenvalue weighted by Crippen LogP contribution is -2.34. The van der Waals surface area contributed by atoms with Crippen molar-refractivity contribution in [1.29, 1.82) is 0 Å².